The SMILES string of the molecule is Cc1ccc(CN2C(=O)[C@H]3[C@@H](C2=O)C2(O[C@H]3c3ccc(Cl)cc3Cl)C(=O)c3ccccc3C2=O)cc1. The summed E-state index contributed by atoms with van der Waals surface area (Å²) < 4.78 is 6.25. The number of aryl methyl sites for hydroxylation is 1. The number of carbonyl (C=O) groups is 4. The van der Waals surface area contributed by atoms with Crippen LogP contribution in [0.2, 0.25) is 10.0 Å². The Hall–Kier alpha value is -3.32. The lowest BCUT2D eigenvalue weighted by Gasteiger charge is -2.27. The second kappa shape index (κ2) is 8.10. The van der Waals surface area contributed by atoms with Crippen molar-refractivity contribution in [3.05, 3.63) is 105 Å². The van der Waals surface area contributed by atoms with Gasteiger partial charge in [0.05, 0.1) is 24.5 Å². The van der Waals surface area contributed by atoms with E-state index in [-0.39, 0.29) is 22.7 Å². The molecule has 0 bridgehead atoms. The summed E-state index contributed by atoms with van der Waals surface area (Å²) in [6.45, 7) is 1.97. The van der Waals surface area contributed by atoms with E-state index in [0.29, 0.717) is 10.6 Å². The van der Waals surface area contributed by atoms with Crippen LogP contribution in [0.25, 0.3) is 0 Å². The van der Waals surface area contributed by atoms with Crippen LogP contribution in [0, 0.1) is 18.8 Å². The highest BCUT2D eigenvalue weighted by atomic mass is 35.5. The fourth-order valence-corrected chi connectivity index (χ4v) is 6.14. The maximum absolute atomic E-state index is 13.9. The highest BCUT2D eigenvalue weighted by molar-refractivity contribution is 6.36. The van der Waals surface area contributed by atoms with Crippen molar-refractivity contribution in [1.29, 1.82) is 0 Å². The van der Waals surface area contributed by atoms with Gasteiger partial charge in [0, 0.05) is 26.7 Å². The third-order valence-electron chi connectivity index (χ3n) is 7.34. The van der Waals surface area contributed by atoms with E-state index in [2.05, 4.69) is 0 Å². The zero-order chi connectivity index (χ0) is 25.4. The lowest BCUT2D eigenvalue weighted by molar-refractivity contribution is -0.145. The molecule has 2 fully saturated rings. The first-order valence-electron chi connectivity index (χ1n) is 11.5. The lowest BCUT2D eigenvalue weighted by atomic mass is 9.77. The van der Waals surface area contributed by atoms with Gasteiger partial charge in [-0.1, -0.05) is 83.4 Å². The standard InChI is InChI=1S/C28H19Cl2NO5/c1-14-6-8-15(9-7-14)13-31-26(34)21-22(27(31)35)28(24(32)17-4-2-3-5-18(17)25(28)33)36-23(21)19-11-10-16(29)12-20(19)30/h2-12,21-23H,13H2,1H3/t21-,22-,23-/m0/s1. The van der Waals surface area contributed by atoms with Gasteiger partial charge < -0.3 is 4.74 Å². The summed E-state index contributed by atoms with van der Waals surface area (Å²) in [5.74, 6) is -4.72. The van der Waals surface area contributed by atoms with Crippen LogP contribution < -0.4 is 0 Å². The summed E-state index contributed by atoms with van der Waals surface area (Å²) in [4.78, 5) is 56.3. The van der Waals surface area contributed by atoms with Gasteiger partial charge >= 0.3 is 0 Å². The van der Waals surface area contributed by atoms with E-state index >= 15 is 0 Å². The fraction of sp³-hybridized carbons (Fsp3) is 0.214. The Balaban J connectivity index is 1.49. The molecule has 3 atom stereocenters. The highest BCUT2D eigenvalue weighted by Gasteiger charge is 2.74. The number of ether oxygens (including phenoxy) is 1. The molecule has 36 heavy (non-hydrogen) atoms. The van der Waals surface area contributed by atoms with Gasteiger partial charge in [-0.05, 0) is 24.6 Å². The molecule has 0 N–H and O–H groups in total. The molecule has 1 spiro atoms. The molecule has 6 rings (SSSR count). The topological polar surface area (TPSA) is 80.8 Å². The van der Waals surface area contributed by atoms with Crippen LogP contribution in [0.1, 0.15) is 43.5 Å². The normalized spacial score (nSPS) is 24.1. The average molecular weight is 520 g/mol. The molecular weight excluding hydrogens is 501 g/mol. The number of carbonyl (C=O) groups excluding carboxylic acids is 4. The molecule has 2 saturated heterocycles. The van der Waals surface area contributed by atoms with Gasteiger partial charge in [-0.2, -0.15) is 0 Å². The Morgan fingerprint density at radius 2 is 1.50 bits per heavy atom. The molecule has 0 unspecified atom stereocenters. The van der Waals surface area contributed by atoms with Gasteiger partial charge in [0.1, 0.15) is 0 Å². The summed E-state index contributed by atoms with van der Waals surface area (Å²) in [5, 5.41) is 0.596. The second-order valence-corrected chi connectivity index (χ2v) is 10.2. The Morgan fingerprint density at radius 1 is 0.861 bits per heavy atom. The van der Waals surface area contributed by atoms with E-state index in [1.807, 2.05) is 31.2 Å². The minimum atomic E-state index is -2.13. The van der Waals surface area contributed by atoms with Crippen molar-refractivity contribution in [1.82, 2.24) is 4.90 Å². The summed E-state index contributed by atoms with van der Waals surface area (Å²) >= 11 is 12.6. The third kappa shape index (κ3) is 3.08. The number of halogens is 2. The number of ketones is 2. The van der Waals surface area contributed by atoms with Crippen LogP contribution in [0.15, 0.2) is 66.7 Å². The van der Waals surface area contributed by atoms with Crippen molar-refractivity contribution in [3.63, 3.8) is 0 Å². The number of Topliss-reactive ketones (excluding diaryl/α,β-unsaturated/α-hetero) is 2. The van der Waals surface area contributed by atoms with Gasteiger partial charge in [-0.25, -0.2) is 0 Å². The van der Waals surface area contributed by atoms with Crippen molar-refractivity contribution in [2.24, 2.45) is 11.8 Å². The lowest BCUT2D eigenvalue weighted by Crippen LogP contribution is -2.50. The number of hydrogen-bond acceptors (Lipinski definition) is 5. The minimum Gasteiger partial charge on any atom is -0.349 e. The molecule has 2 amide bonds. The molecule has 2 heterocycles. The molecule has 8 heteroatoms. The van der Waals surface area contributed by atoms with E-state index in [1.54, 1.807) is 24.3 Å². The number of amides is 2. The molecule has 0 saturated carbocycles. The minimum absolute atomic E-state index is 0.0252. The van der Waals surface area contributed by atoms with E-state index in [4.69, 9.17) is 27.9 Å². The molecule has 3 aromatic carbocycles. The molecule has 3 aromatic rings. The van der Waals surface area contributed by atoms with Crippen LogP contribution in [0.4, 0.5) is 0 Å². The van der Waals surface area contributed by atoms with Crippen molar-refractivity contribution < 1.29 is 23.9 Å². The first-order chi connectivity index (χ1) is 17.2. The molecule has 3 aliphatic rings. The molecule has 0 radical (unpaired) electrons. The zero-order valence-corrected chi connectivity index (χ0v) is 20.5. The quantitative estimate of drug-likeness (QED) is 0.359. The number of nitrogens with zero attached hydrogens (tertiary/aromatic N) is 1. The van der Waals surface area contributed by atoms with Crippen molar-refractivity contribution >= 4 is 46.6 Å². The third-order valence-corrected chi connectivity index (χ3v) is 7.90. The van der Waals surface area contributed by atoms with Crippen LogP contribution in [-0.2, 0) is 20.9 Å². The summed E-state index contributed by atoms with van der Waals surface area (Å²) in [6.07, 6.45) is -1.08. The summed E-state index contributed by atoms with van der Waals surface area (Å²) in [5.41, 5.74) is 0.423. The van der Waals surface area contributed by atoms with Crippen molar-refractivity contribution in [3.8, 4) is 0 Å². The monoisotopic (exact) mass is 519 g/mol. The van der Waals surface area contributed by atoms with Gasteiger partial charge in [0.15, 0.2) is 0 Å². The average Bonchev–Trinajstić information content (AvgIpc) is 3.41. The largest absolute Gasteiger partial charge is 0.349 e. The highest BCUT2D eigenvalue weighted by Crippen LogP contribution is 2.58. The van der Waals surface area contributed by atoms with E-state index < -0.39 is 46.9 Å². The Kier molecular flexibility index (Phi) is 5.20. The number of imide groups is 1. The predicted molar refractivity (Wildman–Crippen MR) is 132 cm³/mol. The molecule has 2 aliphatic heterocycles. The van der Waals surface area contributed by atoms with E-state index in [1.165, 1.54) is 18.2 Å². The van der Waals surface area contributed by atoms with Crippen molar-refractivity contribution in [2.75, 3.05) is 0 Å². The summed E-state index contributed by atoms with van der Waals surface area (Å²) in [7, 11) is 0. The Morgan fingerprint density at radius 3 is 2.11 bits per heavy atom. The molecular formula is C28H19Cl2NO5. The number of benzene rings is 3. The maximum Gasteiger partial charge on any atom is 0.237 e. The van der Waals surface area contributed by atoms with Crippen LogP contribution >= 0.6 is 23.2 Å². The number of rotatable bonds is 3. The Labute approximate surface area is 216 Å². The van der Waals surface area contributed by atoms with E-state index in [0.717, 1.165) is 16.0 Å². The van der Waals surface area contributed by atoms with Crippen LogP contribution in [0.3, 0.4) is 0 Å². The fourth-order valence-electron chi connectivity index (χ4n) is 5.62. The molecule has 6 nitrogen and oxygen atoms in total. The number of fused-ring (bicyclic) bond motifs is 3. The van der Waals surface area contributed by atoms with Gasteiger partial charge in [-0.15, -0.1) is 0 Å². The van der Waals surface area contributed by atoms with Crippen LogP contribution in [-0.4, -0.2) is 33.9 Å². The second-order valence-electron chi connectivity index (χ2n) is 9.40. The predicted octanol–water partition coefficient (Wildman–Crippen LogP) is 4.99. The smallest absolute Gasteiger partial charge is 0.237 e. The Bertz CT molecular complexity index is 1450. The molecule has 1 aliphatic carbocycles. The maximum atomic E-state index is 13.9. The van der Waals surface area contributed by atoms with Crippen molar-refractivity contribution in [2.45, 2.75) is 25.2 Å². The first-order valence-corrected chi connectivity index (χ1v) is 12.2. The number of hydrogen-bond donors (Lipinski definition) is 0. The van der Waals surface area contributed by atoms with E-state index in [9.17, 15) is 19.2 Å². The molecule has 0 aromatic heterocycles. The van der Waals surface area contributed by atoms with Crippen LogP contribution in [0.5, 0.6) is 0 Å². The summed E-state index contributed by atoms with van der Waals surface area (Å²) in [6, 6.07) is 18.5. The first kappa shape index (κ1) is 23.1. The molecule has 180 valence electrons. The zero-order valence-electron chi connectivity index (χ0n) is 19.0. The van der Waals surface area contributed by atoms with Gasteiger partial charge in [-0.3, -0.25) is 24.1 Å². The van der Waals surface area contributed by atoms with Gasteiger partial charge in [0.2, 0.25) is 29.0 Å². The van der Waals surface area contributed by atoms with Gasteiger partial charge in [0.25, 0.3) is 0 Å². The number of likely N-dealkylation sites (tertiary alicyclic amines) is 1.